The van der Waals surface area contributed by atoms with Gasteiger partial charge in [0.25, 0.3) is 0 Å². The minimum Gasteiger partial charge on any atom is -2.00 e. The zero-order valence-electron chi connectivity index (χ0n) is 28.2. The first-order valence-electron chi connectivity index (χ1n) is 14.0. The Kier molecular flexibility index (Phi) is 45.3. The van der Waals surface area contributed by atoms with Crippen molar-refractivity contribution >= 4 is 12.1 Å². The molecule has 0 saturated heterocycles. The predicted molar refractivity (Wildman–Crippen MR) is 161 cm³/mol. The molecular weight excluding hydrogens is 794 g/mol. The van der Waals surface area contributed by atoms with E-state index in [1.165, 1.54) is 0 Å². The molecule has 0 bridgehead atoms. The number of hydrogen-bond acceptors (Lipinski definition) is 8. The van der Waals surface area contributed by atoms with Crippen molar-refractivity contribution in [1.29, 1.82) is 0 Å². The van der Waals surface area contributed by atoms with Crippen LogP contribution >= 0.6 is 0 Å². The summed E-state index contributed by atoms with van der Waals surface area (Å²) in [4.78, 5) is 48.7. The monoisotopic (exact) mass is 850 g/mol. The predicted octanol–water partition coefficient (Wildman–Crippen LogP) is 5.41. The second kappa shape index (κ2) is 34.4. The van der Waals surface area contributed by atoms with Gasteiger partial charge in [0.1, 0.15) is 0 Å². The number of carbonyl (C=O) groups excluding carboxylic acids is 2. The smallest absolute Gasteiger partial charge is 0.319 e. The van der Waals surface area contributed by atoms with Gasteiger partial charge in [-0.25, -0.2) is 9.59 Å². The maximum Gasteiger partial charge on any atom is 0.319 e. The van der Waals surface area contributed by atoms with E-state index in [2.05, 4.69) is 55.4 Å². The Morgan fingerprint density at radius 3 is 0.721 bits per heavy atom. The molecule has 0 spiro atoms. The van der Waals surface area contributed by atoms with Gasteiger partial charge in [-0.05, 0) is 51.4 Å². The molecule has 16 nitrogen and oxygen atoms in total. The van der Waals surface area contributed by atoms with Crippen molar-refractivity contribution in [3.63, 3.8) is 0 Å². The fourth-order valence-electron chi connectivity index (χ4n) is 3.61. The van der Waals surface area contributed by atoms with Crippen LogP contribution in [0.4, 0.5) is 9.59 Å². The average Bonchev–Trinajstić information content (AvgIpc) is 2.78. The molecule has 0 radical (unpaired) electrons. The summed E-state index contributed by atoms with van der Waals surface area (Å²) in [6, 6.07) is 0.375. The third kappa shape index (κ3) is 39.9. The Bertz CT molecular complexity index is 597. The molecule has 0 aromatic rings. The zero-order chi connectivity index (χ0) is 32.6. The second-order valence-corrected chi connectivity index (χ2v) is 10.7. The van der Waals surface area contributed by atoms with Gasteiger partial charge in [0.15, 0.2) is 0 Å². The van der Waals surface area contributed by atoms with E-state index in [1.807, 2.05) is 47.3 Å². The Labute approximate surface area is 282 Å². The number of carbonyl (C=O) groups is 2. The Morgan fingerprint density at radius 1 is 0.488 bits per heavy atom. The van der Waals surface area contributed by atoms with Gasteiger partial charge >= 0.3 is 12.1 Å². The topological polar surface area (TPSA) is 237 Å². The second-order valence-electron chi connectivity index (χ2n) is 10.7. The summed E-state index contributed by atoms with van der Waals surface area (Å²) in [5.74, 6) is 2.10. The Hall–Kier alpha value is -2.09. The molecule has 0 aliphatic heterocycles. The standard InChI is InChI=1S/2C13H28N2O.2NO3.2O.U/c2*1-7-14(8-2)13(16)15(9-11(3)4)10-12(5)6;2*2-1(3)4;;;/h2*11-12H,7-10H2,1-6H3;;;;;/q;;2*-1;2*-2;. The third-order valence-electron chi connectivity index (χ3n) is 4.95. The van der Waals surface area contributed by atoms with Crippen LogP contribution in [-0.2, 0) is 11.0 Å². The van der Waals surface area contributed by atoms with E-state index in [0.29, 0.717) is 23.7 Å². The molecule has 17 heteroatoms. The van der Waals surface area contributed by atoms with Crippen LogP contribution in [0, 0.1) is 85.4 Å². The van der Waals surface area contributed by atoms with E-state index < -0.39 is 10.2 Å². The molecule has 0 aromatic heterocycles. The van der Waals surface area contributed by atoms with Crippen LogP contribution in [0.2, 0.25) is 0 Å². The van der Waals surface area contributed by atoms with Gasteiger partial charge in [-0.2, -0.15) is 0 Å². The van der Waals surface area contributed by atoms with Crippen molar-refractivity contribution < 1.29 is 61.8 Å². The minimum atomic E-state index is -1.75. The van der Waals surface area contributed by atoms with Gasteiger partial charge in [-0.1, -0.05) is 55.4 Å². The Morgan fingerprint density at radius 2 is 0.628 bits per heavy atom. The number of hydrogen-bond donors (Lipinski definition) is 0. The summed E-state index contributed by atoms with van der Waals surface area (Å²) in [5.41, 5.74) is 0. The number of rotatable bonds is 12. The van der Waals surface area contributed by atoms with E-state index >= 15 is 0 Å². The third-order valence-corrected chi connectivity index (χ3v) is 4.95. The van der Waals surface area contributed by atoms with Gasteiger partial charge in [0.05, 0.1) is 10.2 Å². The molecule has 0 unspecified atom stereocenters. The first kappa shape index (κ1) is 56.7. The minimum absolute atomic E-state index is 0. The molecule has 0 N–H and O–H groups in total. The van der Waals surface area contributed by atoms with Crippen LogP contribution < -0.4 is 0 Å². The molecule has 0 aliphatic rings. The Balaban J connectivity index is -0.0000000911. The van der Waals surface area contributed by atoms with Crippen LogP contribution in [0.1, 0.15) is 83.1 Å². The van der Waals surface area contributed by atoms with Crippen LogP contribution in [-0.4, -0.2) is 94.2 Å². The summed E-state index contributed by atoms with van der Waals surface area (Å²) in [7, 11) is 0. The van der Waals surface area contributed by atoms with Gasteiger partial charge < -0.3 is 61.2 Å². The SMILES string of the molecule is CCN(CC)C(=O)N(CC(C)C)CC(C)C.CCN(CC)C(=O)N(CC(C)C)CC(C)C.O=[N+]([O-])[O-].O=[N+]([O-])[O-].[O-2].[O-2].[U]. The number of amides is 4. The molecule has 0 fully saturated rings. The van der Waals surface area contributed by atoms with Crippen molar-refractivity contribution in [2.45, 2.75) is 83.1 Å². The average molecular weight is 851 g/mol. The van der Waals surface area contributed by atoms with Gasteiger partial charge in [0, 0.05) is 83.5 Å². The van der Waals surface area contributed by atoms with Gasteiger partial charge in [0.2, 0.25) is 0 Å². The van der Waals surface area contributed by atoms with Crippen molar-refractivity contribution in [1.82, 2.24) is 19.6 Å². The number of nitrogens with zero attached hydrogens (tertiary/aromatic N) is 6. The van der Waals surface area contributed by atoms with Gasteiger partial charge in [-0.3, -0.25) is 0 Å². The van der Waals surface area contributed by atoms with Crippen LogP contribution in [0.25, 0.3) is 0 Å². The van der Waals surface area contributed by atoms with E-state index in [0.717, 1.165) is 52.4 Å². The maximum absolute atomic E-state index is 12.2. The normalized spacial score (nSPS) is 9.30. The maximum atomic E-state index is 12.2. The van der Waals surface area contributed by atoms with Crippen LogP contribution in [0.15, 0.2) is 0 Å². The van der Waals surface area contributed by atoms with E-state index in [-0.39, 0.29) is 54.1 Å². The summed E-state index contributed by atoms with van der Waals surface area (Å²) in [5, 5.41) is 29.5. The van der Waals surface area contributed by atoms with Crippen LogP contribution in [0.3, 0.4) is 0 Å². The molecule has 260 valence electrons. The van der Waals surface area contributed by atoms with E-state index in [4.69, 9.17) is 30.6 Å². The largest absolute Gasteiger partial charge is 2.00 e. The van der Waals surface area contributed by atoms with Gasteiger partial charge in [-0.15, -0.1) is 0 Å². The van der Waals surface area contributed by atoms with Crippen LogP contribution in [0.5, 0.6) is 0 Å². The summed E-state index contributed by atoms with van der Waals surface area (Å²) in [6.45, 7) is 32.0. The zero-order valence-corrected chi connectivity index (χ0v) is 32.4. The summed E-state index contributed by atoms with van der Waals surface area (Å²) in [6.07, 6.45) is 0. The van der Waals surface area contributed by atoms with E-state index in [9.17, 15) is 9.59 Å². The molecule has 0 rings (SSSR count). The first-order chi connectivity index (χ1) is 18.3. The fraction of sp³-hybridized carbons (Fsp3) is 0.923. The van der Waals surface area contributed by atoms with Crippen molar-refractivity contribution in [3.8, 4) is 0 Å². The first-order valence-corrected chi connectivity index (χ1v) is 14.0. The van der Waals surface area contributed by atoms with Crippen molar-refractivity contribution in [3.05, 3.63) is 30.6 Å². The number of urea groups is 2. The molecule has 0 heterocycles. The van der Waals surface area contributed by atoms with Crippen molar-refractivity contribution in [2.75, 3.05) is 52.4 Å². The molecule has 0 atom stereocenters. The quantitative estimate of drug-likeness (QED) is 0.181. The molecule has 0 aliphatic carbocycles. The molecular formula is C26H56N6O10U-6. The summed E-state index contributed by atoms with van der Waals surface area (Å²) < 4.78 is 0. The summed E-state index contributed by atoms with van der Waals surface area (Å²) >= 11 is 0. The molecule has 43 heavy (non-hydrogen) atoms. The molecule has 0 saturated carbocycles. The fourth-order valence-corrected chi connectivity index (χ4v) is 3.61. The van der Waals surface area contributed by atoms with E-state index in [1.54, 1.807) is 0 Å². The molecule has 0 aromatic carbocycles. The van der Waals surface area contributed by atoms with Crippen molar-refractivity contribution in [2.24, 2.45) is 23.7 Å². The molecule has 4 amide bonds.